The molecule has 2 N–H and O–H groups in total. The highest BCUT2D eigenvalue weighted by Gasteiger charge is 2.33. The Kier molecular flexibility index (Phi) is 4.58. The molecule has 0 bridgehead atoms. The van der Waals surface area contributed by atoms with E-state index in [1.165, 1.54) is 27.2 Å². The Balaban J connectivity index is 2.66. The molecule has 0 aliphatic carbocycles. The lowest BCUT2D eigenvalue weighted by Crippen LogP contribution is -2.45. The first-order chi connectivity index (χ1) is 11.3. The minimum atomic E-state index is -1.03. The van der Waals surface area contributed by atoms with Crippen molar-refractivity contribution in [3.8, 4) is 11.5 Å². The van der Waals surface area contributed by atoms with Crippen LogP contribution >= 0.6 is 0 Å². The molecular weight excluding hydrogens is 322 g/mol. The number of methoxy groups -OCH3 is 2. The number of amides is 2. The first kappa shape index (κ1) is 17.1. The Bertz CT molecular complexity index is 757. The van der Waals surface area contributed by atoms with E-state index < -0.39 is 34.4 Å². The molecule has 0 radical (unpaired) electrons. The number of hydrogen-bond donors (Lipinski definition) is 2. The van der Waals surface area contributed by atoms with E-state index in [1.807, 2.05) is 0 Å². The standard InChI is InChI=1S/C14H15N3O7/c1-6-10(13(19)24-3)11(16-14(20)15-6)7-4-8(17(21)22)12(18)9(5-7)23-2/h4-5,11,18H,1-3H3,(H2,15,16,20)/p-1/t11-/m0/s1. The Morgan fingerprint density at radius 1 is 1.33 bits per heavy atom. The van der Waals surface area contributed by atoms with Crippen LogP contribution in [-0.4, -0.2) is 31.1 Å². The molecule has 0 spiro atoms. The maximum absolute atomic E-state index is 12.0. The molecule has 1 heterocycles. The highest BCUT2D eigenvalue weighted by atomic mass is 16.6. The maximum atomic E-state index is 12.0. The summed E-state index contributed by atoms with van der Waals surface area (Å²) in [6.45, 7) is 1.49. The Labute approximate surface area is 136 Å². The van der Waals surface area contributed by atoms with Crippen LogP contribution in [0, 0.1) is 10.1 Å². The van der Waals surface area contributed by atoms with E-state index in [1.54, 1.807) is 0 Å². The van der Waals surface area contributed by atoms with E-state index in [0.717, 1.165) is 6.07 Å². The topological polar surface area (TPSA) is 143 Å². The van der Waals surface area contributed by atoms with E-state index in [-0.39, 0.29) is 22.6 Å². The van der Waals surface area contributed by atoms with Crippen molar-refractivity contribution in [2.75, 3.05) is 14.2 Å². The predicted molar refractivity (Wildman–Crippen MR) is 78.2 cm³/mol. The van der Waals surface area contributed by atoms with Crippen LogP contribution in [0.25, 0.3) is 0 Å². The van der Waals surface area contributed by atoms with Gasteiger partial charge in [-0.05, 0) is 18.6 Å². The van der Waals surface area contributed by atoms with Crippen LogP contribution in [0.5, 0.6) is 11.5 Å². The summed E-state index contributed by atoms with van der Waals surface area (Å²) in [7, 11) is 2.35. The molecule has 128 valence electrons. The van der Waals surface area contributed by atoms with Crippen molar-refractivity contribution in [2.24, 2.45) is 0 Å². The summed E-state index contributed by atoms with van der Waals surface area (Å²) >= 11 is 0. The number of urea groups is 1. The van der Waals surface area contributed by atoms with Crippen LogP contribution in [0.4, 0.5) is 10.5 Å². The number of carbonyl (C=O) groups excluding carboxylic acids is 2. The number of ether oxygens (including phenoxy) is 2. The number of nitro groups is 1. The highest BCUT2D eigenvalue weighted by molar-refractivity contribution is 5.95. The third-order valence-electron chi connectivity index (χ3n) is 3.48. The zero-order valence-electron chi connectivity index (χ0n) is 13.0. The van der Waals surface area contributed by atoms with Gasteiger partial charge in [-0.3, -0.25) is 10.1 Å². The molecular formula is C14H14N3O7-. The molecule has 24 heavy (non-hydrogen) atoms. The molecule has 0 unspecified atom stereocenters. The zero-order chi connectivity index (χ0) is 18.0. The lowest BCUT2D eigenvalue weighted by Gasteiger charge is -2.28. The summed E-state index contributed by atoms with van der Waals surface area (Å²) in [5.41, 5.74) is -0.276. The summed E-state index contributed by atoms with van der Waals surface area (Å²) in [4.78, 5) is 33.9. The summed E-state index contributed by atoms with van der Waals surface area (Å²) in [5.74, 6) is -1.89. The molecule has 1 atom stereocenters. The Morgan fingerprint density at radius 3 is 2.54 bits per heavy atom. The number of allylic oxidation sites excluding steroid dienone is 1. The number of nitrogens with zero attached hydrogens (tertiary/aromatic N) is 1. The molecule has 0 aromatic heterocycles. The molecule has 1 aliphatic heterocycles. The maximum Gasteiger partial charge on any atom is 0.337 e. The summed E-state index contributed by atoms with van der Waals surface area (Å²) in [5, 5.41) is 27.9. The molecule has 1 aliphatic rings. The van der Waals surface area contributed by atoms with E-state index in [9.17, 15) is 24.8 Å². The number of nitrogens with one attached hydrogen (secondary N) is 2. The average Bonchev–Trinajstić information content (AvgIpc) is 2.53. The van der Waals surface area contributed by atoms with Gasteiger partial charge in [-0.15, -0.1) is 0 Å². The molecule has 10 heteroatoms. The molecule has 0 saturated heterocycles. The van der Waals surface area contributed by atoms with Gasteiger partial charge in [0, 0.05) is 17.5 Å². The van der Waals surface area contributed by atoms with Crippen molar-refractivity contribution >= 4 is 17.7 Å². The van der Waals surface area contributed by atoms with Crippen LogP contribution < -0.4 is 20.5 Å². The molecule has 10 nitrogen and oxygen atoms in total. The fourth-order valence-electron chi connectivity index (χ4n) is 2.39. The SMILES string of the molecule is COC(=O)C1=C(C)NC(=O)N[C@H]1c1cc(OC)c([O-])c([N+](=O)[O-])c1. The van der Waals surface area contributed by atoms with E-state index in [0.29, 0.717) is 0 Å². The first-order valence-corrected chi connectivity index (χ1v) is 6.70. The first-order valence-electron chi connectivity index (χ1n) is 6.70. The van der Waals surface area contributed by atoms with Crippen LogP contribution in [0.1, 0.15) is 18.5 Å². The number of benzene rings is 1. The minimum absolute atomic E-state index is 0.0621. The van der Waals surface area contributed by atoms with Gasteiger partial charge in [-0.2, -0.15) is 0 Å². The van der Waals surface area contributed by atoms with Gasteiger partial charge in [-0.1, -0.05) is 0 Å². The number of hydrogen-bond acceptors (Lipinski definition) is 7. The van der Waals surface area contributed by atoms with Crippen molar-refractivity contribution in [3.05, 3.63) is 39.1 Å². The molecule has 1 aromatic carbocycles. The van der Waals surface area contributed by atoms with E-state index in [4.69, 9.17) is 9.47 Å². The summed E-state index contributed by atoms with van der Waals surface area (Å²) in [6, 6.07) is 0.608. The third-order valence-corrected chi connectivity index (χ3v) is 3.48. The number of rotatable bonds is 4. The van der Waals surface area contributed by atoms with Gasteiger partial charge < -0.3 is 25.2 Å². The van der Waals surface area contributed by atoms with Gasteiger partial charge in [0.25, 0.3) is 5.69 Å². The second-order valence-corrected chi connectivity index (χ2v) is 4.89. The van der Waals surface area contributed by atoms with Crippen LogP contribution in [-0.2, 0) is 9.53 Å². The minimum Gasteiger partial charge on any atom is -0.865 e. The van der Waals surface area contributed by atoms with Gasteiger partial charge in [0.15, 0.2) is 0 Å². The van der Waals surface area contributed by atoms with Gasteiger partial charge in [-0.25, -0.2) is 9.59 Å². The predicted octanol–water partition coefficient (Wildman–Crippen LogP) is 0.478. The molecule has 0 saturated carbocycles. The van der Waals surface area contributed by atoms with Crippen LogP contribution in [0.2, 0.25) is 0 Å². The fraction of sp³-hybridized carbons (Fsp3) is 0.286. The quantitative estimate of drug-likeness (QED) is 0.462. The largest absolute Gasteiger partial charge is 0.865 e. The van der Waals surface area contributed by atoms with Crippen molar-refractivity contribution in [2.45, 2.75) is 13.0 Å². The lowest BCUT2D eigenvalue weighted by molar-refractivity contribution is -0.398. The van der Waals surface area contributed by atoms with Crippen LogP contribution in [0.15, 0.2) is 23.4 Å². The van der Waals surface area contributed by atoms with E-state index in [2.05, 4.69) is 10.6 Å². The smallest absolute Gasteiger partial charge is 0.337 e. The molecule has 1 aromatic rings. The number of nitro benzene ring substituents is 1. The Hall–Kier alpha value is -3.30. The normalized spacial score (nSPS) is 17.0. The van der Waals surface area contributed by atoms with Gasteiger partial charge >= 0.3 is 12.0 Å². The average molecular weight is 336 g/mol. The van der Waals surface area contributed by atoms with Gasteiger partial charge in [0.05, 0.1) is 30.8 Å². The Morgan fingerprint density at radius 2 is 2.00 bits per heavy atom. The molecule has 0 fully saturated rings. The monoisotopic (exact) mass is 336 g/mol. The van der Waals surface area contributed by atoms with Crippen molar-refractivity contribution < 1.29 is 29.1 Å². The third kappa shape index (κ3) is 2.93. The van der Waals surface area contributed by atoms with Crippen molar-refractivity contribution in [1.29, 1.82) is 0 Å². The second-order valence-electron chi connectivity index (χ2n) is 4.89. The summed E-state index contributed by atoms with van der Waals surface area (Å²) in [6.07, 6.45) is 0. The lowest BCUT2D eigenvalue weighted by atomic mass is 9.94. The van der Waals surface area contributed by atoms with Gasteiger partial charge in [0.2, 0.25) is 0 Å². The van der Waals surface area contributed by atoms with Crippen molar-refractivity contribution in [3.63, 3.8) is 0 Å². The zero-order valence-corrected chi connectivity index (χ0v) is 13.0. The fourth-order valence-corrected chi connectivity index (χ4v) is 2.39. The van der Waals surface area contributed by atoms with Crippen LogP contribution in [0.3, 0.4) is 0 Å². The van der Waals surface area contributed by atoms with E-state index >= 15 is 0 Å². The molecule has 2 amide bonds. The number of esters is 1. The summed E-state index contributed by atoms with van der Waals surface area (Å²) < 4.78 is 9.56. The highest BCUT2D eigenvalue weighted by Crippen LogP contribution is 2.38. The van der Waals surface area contributed by atoms with Gasteiger partial charge in [0.1, 0.15) is 5.75 Å². The number of carbonyl (C=O) groups is 2. The van der Waals surface area contributed by atoms with Crippen molar-refractivity contribution in [1.82, 2.24) is 10.6 Å². The second kappa shape index (κ2) is 6.44. The molecule has 2 rings (SSSR count).